The Labute approximate surface area is 116 Å². The van der Waals surface area contributed by atoms with Gasteiger partial charge in [0.2, 0.25) is 0 Å². The number of nitrogens with one attached hydrogen (secondary N) is 1. The molecule has 3 aromatic rings. The number of hydrogen-bond donors (Lipinski definition) is 1. The molecule has 102 valence electrons. The number of rotatable bonds is 2. The summed E-state index contributed by atoms with van der Waals surface area (Å²) in [4.78, 5) is 13.6. The van der Waals surface area contributed by atoms with Crippen molar-refractivity contribution in [1.29, 1.82) is 0 Å². The van der Waals surface area contributed by atoms with Crippen LogP contribution in [-0.4, -0.2) is 4.98 Å². The summed E-state index contributed by atoms with van der Waals surface area (Å²) in [7, 11) is 0. The van der Waals surface area contributed by atoms with Crippen LogP contribution >= 0.6 is 11.6 Å². The Balaban J connectivity index is 2.06. The van der Waals surface area contributed by atoms with Crippen LogP contribution in [0.4, 0.5) is 8.78 Å². The Hall–Kier alpha value is -2.14. The van der Waals surface area contributed by atoms with Crippen molar-refractivity contribution >= 4 is 22.7 Å². The molecule has 0 aliphatic rings. The normalized spacial score (nSPS) is 12.8. The molecule has 0 amide bonds. The van der Waals surface area contributed by atoms with E-state index in [9.17, 15) is 13.6 Å². The molecule has 3 nitrogen and oxygen atoms in total. The molecule has 6 heteroatoms. The van der Waals surface area contributed by atoms with Gasteiger partial charge in [0.1, 0.15) is 11.6 Å². The van der Waals surface area contributed by atoms with Crippen LogP contribution in [0, 0.1) is 11.6 Å². The third-order valence-corrected chi connectivity index (χ3v) is 3.46. The summed E-state index contributed by atoms with van der Waals surface area (Å²) >= 11 is 6.20. The maximum Gasteiger partial charge on any atom is 0.417 e. The number of halogens is 3. The number of hydrogen-bond acceptors (Lipinski definition) is 2. The van der Waals surface area contributed by atoms with Gasteiger partial charge in [-0.2, -0.15) is 0 Å². The van der Waals surface area contributed by atoms with Crippen LogP contribution in [0.1, 0.15) is 16.5 Å². The molecule has 0 fully saturated rings. The van der Waals surface area contributed by atoms with E-state index in [1.54, 1.807) is 18.2 Å². The minimum atomic E-state index is -0.805. The van der Waals surface area contributed by atoms with Crippen LogP contribution in [0.5, 0.6) is 0 Å². The average molecular weight is 296 g/mol. The molecule has 1 aromatic heterocycles. The molecule has 3 rings (SSSR count). The number of aromatic amines is 1. The first-order valence-corrected chi connectivity index (χ1v) is 6.20. The Morgan fingerprint density at radius 1 is 1.15 bits per heavy atom. The van der Waals surface area contributed by atoms with Crippen LogP contribution in [0.15, 0.2) is 45.6 Å². The fraction of sp³-hybridized carbons (Fsp3) is 0.0714. The lowest BCUT2D eigenvalue weighted by molar-refractivity contribution is 0.554. The molecule has 0 saturated carbocycles. The summed E-state index contributed by atoms with van der Waals surface area (Å²) in [6.45, 7) is 0. The first kappa shape index (κ1) is 12.9. The predicted molar refractivity (Wildman–Crippen MR) is 70.9 cm³/mol. The first-order valence-electron chi connectivity index (χ1n) is 5.76. The summed E-state index contributed by atoms with van der Waals surface area (Å²) in [6.07, 6.45) is 0. The third-order valence-electron chi connectivity index (χ3n) is 2.97. The summed E-state index contributed by atoms with van der Waals surface area (Å²) < 4.78 is 31.5. The molecular weight excluding hydrogens is 288 g/mol. The van der Waals surface area contributed by atoms with Gasteiger partial charge in [-0.25, -0.2) is 13.6 Å². The van der Waals surface area contributed by atoms with E-state index in [4.69, 9.17) is 16.0 Å². The Morgan fingerprint density at radius 3 is 2.70 bits per heavy atom. The molecule has 0 bridgehead atoms. The largest absolute Gasteiger partial charge is 0.417 e. The summed E-state index contributed by atoms with van der Waals surface area (Å²) in [5.41, 5.74) is 1.57. The fourth-order valence-electron chi connectivity index (χ4n) is 2.01. The highest BCUT2D eigenvalue weighted by Gasteiger charge is 2.17. The Bertz CT molecular complexity index is 841. The van der Waals surface area contributed by atoms with Crippen molar-refractivity contribution in [3.05, 3.63) is 69.7 Å². The highest BCUT2D eigenvalue weighted by Crippen LogP contribution is 2.32. The Kier molecular flexibility index (Phi) is 3.06. The number of aromatic nitrogens is 1. The summed E-state index contributed by atoms with van der Waals surface area (Å²) in [5.74, 6) is -1.96. The number of oxazole rings is 1. The molecule has 0 aliphatic carbocycles. The van der Waals surface area contributed by atoms with Crippen molar-refractivity contribution in [3.8, 4) is 0 Å². The van der Waals surface area contributed by atoms with Gasteiger partial charge < -0.3 is 4.42 Å². The lowest BCUT2D eigenvalue weighted by Crippen LogP contribution is -1.97. The summed E-state index contributed by atoms with van der Waals surface area (Å²) in [6, 6.07) is 8.02. The van der Waals surface area contributed by atoms with Gasteiger partial charge in [0.05, 0.1) is 10.9 Å². The Morgan fingerprint density at radius 2 is 1.95 bits per heavy atom. The van der Waals surface area contributed by atoms with E-state index in [0.29, 0.717) is 16.7 Å². The van der Waals surface area contributed by atoms with Crippen molar-refractivity contribution < 1.29 is 13.2 Å². The molecule has 0 saturated heterocycles. The topological polar surface area (TPSA) is 46.0 Å². The van der Waals surface area contributed by atoms with Crippen LogP contribution in [-0.2, 0) is 0 Å². The highest BCUT2D eigenvalue weighted by atomic mass is 35.5. The number of alkyl halides is 1. The van der Waals surface area contributed by atoms with Crippen molar-refractivity contribution in [2.45, 2.75) is 5.38 Å². The van der Waals surface area contributed by atoms with Crippen LogP contribution in [0.3, 0.4) is 0 Å². The van der Waals surface area contributed by atoms with Crippen molar-refractivity contribution in [3.63, 3.8) is 0 Å². The number of H-pyrrole nitrogens is 1. The predicted octanol–water partition coefficient (Wildman–Crippen LogP) is 3.73. The van der Waals surface area contributed by atoms with E-state index in [1.165, 1.54) is 6.07 Å². The van der Waals surface area contributed by atoms with Gasteiger partial charge in [-0.05, 0) is 23.8 Å². The molecule has 0 aliphatic heterocycles. The minimum absolute atomic E-state index is 0.158. The van der Waals surface area contributed by atoms with E-state index in [-0.39, 0.29) is 5.56 Å². The summed E-state index contributed by atoms with van der Waals surface area (Å²) in [5, 5.41) is -0.805. The van der Waals surface area contributed by atoms with Gasteiger partial charge in [-0.15, -0.1) is 11.6 Å². The fourth-order valence-corrected chi connectivity index (χ4v) is 2.32. The number of benzene rings is 2. The first-order chi connectivity index (χ1) is 9.54. The van der Waals surface area contributed by atoms with E-state index in [1.807, 2.05) is 0 Å². The van der Waals surface area contributed by atoms with E-state index < -0.39 is 22.8 Å². The number of fused-ring (bicyclic) bond motifs is 1. The average Bonchev–Trinajstić information content (AvgIpc) is 2.77. The van der Waals surface area contributed by atoms with Gasteiger partial charge in [-0.1, -0.05) is 12.1 Å². The van der Waals surface area contributed by atoms with Crippen LogP contribution in [0.2, 0.25) is 0 Å². The molecule has 1 N–H and O–H groups in total. The van der Waals surface area contributed by atoms with Gasteiger partial charge in [-0.3, -0.25) is 4.98 Å². The van der Waals surface area contributed by atoms with Crippen LogP contribution in [0.25, 0.3) is 11.1 Å². The third kappa shape index (κ3) is 2.20. The van der Waals surface area contributed by atoms with E-state index in [0.717, 1.165) is 12.1 Å². The van der Waals surface area contributed by atoms with E-state index >= 15 is 0 Å². The quantitative estimate of drug-likeness (QED) is 0.732. The SMILES string of the molecule is O=c1[nH]c2ccc(C(Cl)c3ccc(F)cc3F)cc2o1. The molecule has 1 atom stereocenters. The zero-order chi connectivity index (χ0) is 14.3. The van der Waals surface area contributed by atoms with Crippen molar-refractivity contribution in [2.75, 3.05) is 0 Å². The maximum absolute atomic E-state index is 13.7. The smallest absolute Gasteiger partial charge is 0.408 e. The lowest BCUT2D eigenvalue weighted by atomic mass is 10.0. The monoisotopic (exact) mass is 295 g/mol. The van der Waals surface area contributed by atoms with E-state index in [2.05, 4.69) is 4.98 Å². The molecule has 2 aromatic carbocycles. The standard InChI is InChI=1S/C14H8ClF2NO2/c15-13(9-3-2-8(16)6-10(9)17)7-1-4-11-12(5-7)20-14(19)18-11/h1-6,13H,(H,18,19). The second-order valence-corrected chi connectivity index (χ2v) is 4.73. The molecule has 20 heavy (non-hydrogen) atoms. The zero-order valence-corrected chi connectivity index (χ0v) is 10.7. The zero-order valence-electron chi connectivity index (χ0n) is 9.99. The second-order valence-electron chi connectivity index (χ2n) is 4.30. The van der Waals surface area contributed by atoms with Crippen LogP contribution < -0.4 is 5.76 Å². The van der Waals surface area contributed by atoms with Crippen molar-refractivity contribution in [2.24, 2.45) is 0 Å². The van der Waals surface area contributed by atoms with Gasteiger partial charge in [0.25, 0.3) is 0 Å². The molecule has 1 heterocycles. The molecule has 0 spiro atoms. The van der Waals surface area contributed by atoms with Gasteiger partial charge in [0, 0.05) is 11.6 Å². The minimum Gasteiger partial charge on any atom is -0.408 e. The van der Waals surface area contributed by atoms with Gasteiger partial charge in [0.15, 0.2) is 5.58 Å². The van der Waals surface area contributed by atoms with Crippen molar-refractivity contribution in [1.82, 2.24) is 4.98 Å². The highest BCUT2D eigenvalue weighted by molar-refractivity contribution is 6.22. The molecule has 0 radical (unpaired) electrons. The molecule has 1 unspecified atom stereocenters. The lowest BCUT2D eigenvalue weighted by Gasteiger charge is -2.11. The second kappa shape index (κ2) is 4.76. The molecular formula is C14H8ClF2NO2. The maximum atomic E-state index is 13.7. The van der Waals surface area contributed by atoms with Gasteiger partial charge >= 0.3 is 5.76 Å².